The van der Waals surface area contributed by atoms with Crippen LogP contribution >= 0.6 is 0 Å². The lowest BCUT2D eigenvalue weighted by Crippen LogP contribution is -1.82. The van der Waals surface area contributed by atoms with E-state index in [1.165, 1.54) is 92.1 Å². The molecule has 0 heterocycles. The van der Waals surface area contributed by atoms with E-state index in [0.717, 1.165) is 0 Å². The fourth-order valence-electron chi connectivity index (χ4n) is 3.23. The van der Waals surface area contributed by atoms with Crippen molar-refractivity contribution in [1.82, 2.24) is 0 Å². The minimum atomic E-state index is 1.17. The lowest BCUT2D eigenvalue weighted by atomic mass is 10.0. The highest BCUT2D eigenvalue weighted by Crippen LogP contribution is 2.14. The molecule has 0 aromatic carbocycles. The average molecular weight is 397 g/mol. The molecule has 29 heavy (non-hydrogen) atoms. The third-order valence-corrected chi connectivity index (χ3v) is 5.25. The van der Waals surface area contributed by atoms with Crippen molar-refractivity contribution in [3.05, 3.63) is 70.4 Å². The molecule has 0 radical (unpaired) electrons. The van der Waals surface area contributed by atoms with Gasteiger partial charge >= 0.3 is 0 Å². The highest BCUT2D eigenvalue weighted by molar-refractivity contribution is 5.07. The predicted octanol–water partition coefficient (Wildman–Crippen LogP) is 10.2. The van der Waals surface area contributed by atoms with Gasteiger partial charge in [0.2, 0.25) is 0 Å². The second kappa shape index (κ2) is 18.5. The van der Waals surface area contributed by atoms with E-state index in [9.17, 15) is 0 Å². The van der Waals surface area contributed by atoms with Gasteiger partial charge < -0.3 is 0 Å². The Morgan fingerprint density at radius 1 is 0.448 bits per heavy atom. The maximum Gasteiger partial charge on any atom is -0.0288 e. The molecule has 0 unspecified atom stereocenters. The molecule has 0 spiro atoms. The topological polar surface area (TPSA) is 0 Å². The fourth-order valence-corrected chi connectivity index (χ4v) is 3.23. The van der Waals surface area contributed by atoms with E-state index in [0.29, 0.717) is 0 Å². The van der Waals surface area contributed by atoms with Crippen molar-refractivity contribution >= 4 is 0 Å². The lowest BCUT2D eigenvalue weighted by molar-refractivity contribution is 0.897. The van der Waals surface area contributed by atoms with Crippen LogP contribution in [0.3, 0.4) is 0 Å². The first-order valence-electron chi connectivity index (χ1n) is 11.7. The zero-order valence-electron chi connectivity index (χ0n) is 20.6. The van der Waals surface area contributed by atoms with Gasteiger partial charge in [-0.2, -0.15) is 0 Å². The van der Waals surface area contributed by atoms with Crippen LogP contribution in [0, 0.1) is 0 Å². The first kappa shape index (κ1) is 27.4. The highest BCUT2D eigenvalue weighted by atomic mass is 14.0. The van der Waals surface area contributed by atoms with Crippen molar-refractivity contribution in [2.24, 2.45) is 0 Å². The number of hydrogen-bond acceptors (Lipinski definition) is 0. The Morgan fingerprint density at radius 2 is 0.793 bits per heavy atom. The second-order valence-corrected chi connectivity index (χ2v) is 8.78. The van der Waals surface area contributed by atoms with Crippen LogP contribution in [-0.2, 0) is 0 Å². The molecule has 0 aromatic heterocycles. The summed E-state index contributed by atoms with van der Waals surface area (Å²) < 4.78 is 0. The molecule has 164 valence electrons. The van der Waals surface area contributed by atoms with Crippen molar-refractivity contribution < 1.29 is 0 Å². The summed E-state index contributed by atoms with van der Waals surface area (Å²) in [4.78, 5) is 0. The van der Waals surface area contributed by atoms with Crippen LogP contribution in [0.25, 0.3) is 0 Å². The Kier molecular flexibility index (Phi) is 17.5. The SMILES string of the molecule is C/C=C/CC/C(C)=C/CC/C(C)=C/CC/C=C(\C)CC/C=C(\C)CCC=C(C)C. The third-order valence-electron chi connectivity index (χ3n) is 5.25. The number of rotatable bonds is 15. The van der Waals surface area contributed by atoms with Crippen LogP contribution in [0.1, 0.15) is 113 Å². The van der Waals surface area contributed by atoms with Gasteiger partial charge in [0.25, 0.3) is 0 Å². The zero-order chi connectivity index (χ0) is 21.9. The van der Waals surface area contributed by atoms with Gasteiger partial charge in [-0.05, 0) is 113 Å². The van der Waals surface area contributed by atoms with Crippen molar-refractivity contribution in [2.75, 3.05) is 0 Å². The van der Waals surface area contributed by atoms with Crippen LogP contribution in [0.2, 0.25) is 0 Å². The van der Waals surface area contributed by atoms with Crippen LogP contribution in [0.5, 0.6) is 0 Å². The first-order valence-corrected chi connectivity index (χ1v) is 11.7. The maximum atomic E-state index is 2.43. The molecule has 0 rings (SSSR count). The molecule has 0 atom stereocenters. The van der Waals surface area contributed by atoms with Gasteiger partial charge in [0.05, 0.1) is 0 Å². The molecule has 0 heteroatoms. The molecule has 0 N–H and O–H groups in total. The Labute approximate surface area is 183 Å². The van der Waals surface area contributed by atoms with Gasteiger partial charge in [0.1, 0.15) is 0 Å². The maximum absolute atomic E-state index is 2.43. The summed E-state index contributed by atoms with van der Waals surface area (Å²) in [5.74, 6) is 0. The van der Waals surface area contributed by atoms with E-state index in [1.54, 1.807) is 0 Å². The molecule has 0 bridgehead atoms. The molecule has 0 aromatic rings. The summed E-state index contributed by atoms with van der Waals surface area (Å²) in [6, 6.07) is 0. The van der Waals surface area contributed by atoms with Gasteiger partial charge in [-0.1, -0.05) is 70.4 Å². The molecular weight excluding hydrogens is 348 g/mol. The van der Waals surface area contributed by atoms with Gasteiger partial charge in [0, 0.05) is 0 Å². The molecule has 0 aliphatic carbocycles. The van der Waals surface area contributed by atoms with Gasteiger partial charge in [0.15, 0.2) is 0 Å². The van der Waals surface area contributed by atoms with Crippen LogP contribution < -0.4 is 0 Å². The van der Waals surface area contributed by atoms with Crippen LogP contribution in [-0.4, -0.2) is 0 Å². The van der Waals surface area contributed by atoms with E-state index < -0.39 is 0 Å². The Bertz CT molecular complexity index is 598. The monoisotopic (exact) mass is 396 g/mol. The predicted molar refractivity (Wildman–Crippen MR) is 135 cm³/mol. The quantitative estimate of drug-likeness (QED) is 0.191. The van der Waals surface area contributed by atoms with Crippen molar-refractivity contribution in [2.45, 2.75) is 113 Å². The molecule has 0 amide bonds. The number of unbranched alkanes of at least 4 members (excludes halogenated alkanes) is 1. The van der Waals surface area contributed by atoms with E-state index >= 15 is 0 Å². The molecule has 0 aliphatic rings. The summed E-state index contributed by atoms with van der Waals surface area (Å²) in [6.45, 7) is 15.5. The Balaban J connectivity index is 4.02. The lowest BCUT2D eigenvalue weighted by Gasteiger charge is -2.02. The molecule has 0 saturated heterocycles. The van der Waals surface area contributed by atoms with Gasteiger partial charge in [-0.25, -0.2) is 0 Å². The zero-order valence-corrected chi connectivity index (χ0v) is 20.6. The molecule has 0 fully saturated rings. The molecular formula is C29H48. The minimum absolute atomic E-state index is 1.17. The standard InChI is InChI=1S/C29H48/c1-8-9-10-17-26(4)21-14-22-27(5)18-11-12-19-28(6)23-15-24-29(7)20-13-16-25(2)3/h8-9,16,18-19,21,24H,10-15,17,20,22-23H2,1-7H3/b9-8+,26-21+,27-18+,28-19+,29-24+. The molecule has 0 nitrogen and oxygen atoms in total. The Morgan fingerprint density at radius 3 is 1.17 bits per heavy atom. The summed E-state index contributed by atoms with van der Waals surface area (Å²) in [5, 5.41) is 0. The summed E-state index contributed by atoms with van der Waals surface area (Å²) in [7, 11) is 0. The Hall–Kier alpha value is -1.56. The van der Waals surface area contributed by atoms with E-state index in [-0.39, 0.29) is 0 Å². The van der Waals surface area contributed by atoms with Gasteiger partial charge in [-0.15, -0.1) is 0 Å². The number of hydrogen-bond donors (Lipinski definition) is 0. The minimum Gasteiger partial charge on any atom is -0.0917 e. The fraction of sp³-hybridized carbons (Fsp3) is 0.586. The van der Waals surface area contributed by atoms with Crippen LogP contribution in [0.15, 0.2) is 70.4 Å². The highest BCUT2D eigenvalue weighted by Gasteiger charge is 1.94. The largest absolute Gasteiger partial charge is 0.0917 e. The average Bonchev–Trinajstić information content (AvgIpc) is 2.65. The third kappa shape index (κ3) is 19.5. The van der Waals surface area contributed by atoms with Gasteiger partial charge in [-0.3, -0.25) is 0 Å². The van der Waals surface area contributed by atoms with E-state index in [1.807, 2.05) is 0 Å². The number of allylic oxidation sites excluding steroid dienone is 12. The summed E-state index contributed by atoms with van der Waals surface area (Å²) in [6.07, 6.45) is 28.3. The van der Waals surface area contributed by atoms with E-state index in [2.05, 4.69) is 91.0 Å². The summed E-state index contributed by atoms with van der Waals surface area (Å²) >= 11 is 0. The summed E-state index contributed by atoms with van der Waals surface area (Å²) in [5.41, 5.74) is 7.54. The normalized spacial score (nSPS) is 14.0. The van der Waals surface area contributed by atoms with Crippen molar-refractivity contribution in [1.29, 1.82) is 0 Å². The van der Waals surface area contributed by atoms with Crippen molar-refractivity contribution in [3.8, 4) is 0 Å². The second-order valence-electron chi connectivity index (χ2n) is 8.78. The van der Waals surface area contributed by atoms with Crippen molar-refractivity contribution in [3.63, 3.8) is 0 Å². The van der Waals surface area contributed by atoms with E-state index in [4.69, 9.17) is 0 Å². The first-order chi connectivity index (χ1) is 13.8. The molecule has 0 saturated carbocycles. The van der Waals surface area contributed by atoms with Crippen LogP contribution in [0.4, 0.5) is 0 Å². The smallest absolute Gasteiger partial charge is 0.0288 e. The molecule has 0 aliphatic heterocycles.